The van der Waals surface area contributed by atoms with Crippen LogP contribution in [0.4, 0.5) is 0 Å². The Morgan fingerprint density at radius 3 is 2.93 bits per heavy atom. The molecule has 2 aromatic heterocycles. The number of nitrogens with zero attached hydrogens (tertiary/aromatic N) is 1. The molecule has 8 heteroatoms. The summed E-state index contributed by atoms with van der Waals surface area (Å²) in [6.45, 7) is 0.386. The van der Waals surface area contributed by atoms with Gasteiger partial charge in [-0.25, -0.2) is 9.59 Å². The summed E-state index contributed by atoms with van der Waals surface area (Å²) < 4.78 is 10.5. The van der Waals surface area contributed by atoms with E-state index in [0.29, 0.717) is 28.8 Å². The van der Waals surface area contributed by atoms with E-state index in [0.717, 1.165) is 6.42 Å². The summed E-state index contributed by atoms with van der Waals surface area (Å²) in [6, 6.07) is 8.55. The number of phenolic OH excluding ortho intramolecular Hbond substituents is 1. The number of hydrogen-bond donors (Lipinski definition) is 1. The summed E-state index contributed by atoms with van der Waals surface area (Å²) in [5, 5.41) is 11.9. The van der Waals surface area contributed by atoms with Gasteiger partial charge in [-0.05, 0) is 36.4 Å². The molecule has 1 saturated heterocycles. The lowest BCUT2D eigenvalue weighted by atomic mass is 10.1. The van der Waals surface area contributed by atoms with Crippen LogP contribution in [0.1, 0.15) is 28.1 Å². The maximum atomic E-state index is 12.6. The van der Waals surface area contributed by atoms with Crippen molar-refractivity contribution in [2.24, 2.45) is 0 Å². The van der Waals surface area contributed by atoms with Crippen molar-refractivity contribution in [3.63, 3.8) is 0 Å². The fraction of sp³-hybridized carbons (Fsp3) is 0.250. The first kappa shape index (κ1) is 18.2. The second-order valence-corrected chi connectivity index (χ2v) is 7.46. The number of thiophene rings is 1. The Morgan fingerprint density at radius 2 is 2.14 bits per heavy atom. The molecule has 1 atom stereocenters. The molecule has 1 N–H and O–H groups in total. The van der Waals surface area contributed by atoms with Crippen molar-refractivity contribution >= 4 is 34.2 Å². The van der Waals surface area contributed by atoms with Gasteiger partial charge in [-0.15, -0.1) is 11.3 Å². The highest BCUT2D eigenvalue weighted by Crippen LogP contribution is 2.25. The first-order chi connectivity index (χ1) is 13.5. The molecule has 0 radical (unpaired) electrons. The normalized spacial score (nSPS) is 16.4. The molecule has 0 aliphatic carbocycles. The first-order valence-electron chi connectivity index (χ1n) is 8.80. The Hall–Kier alpha value is -3.13. The van der Waals surface area contributed by atoms with Crippen LogP contribution in [0, 0.1) is 0 Å². The molecule has 0 unspecified atom stereocenters. The number of carbonyl (C=O) groups excluding carboxylic acids is 2. The molecule has 4 rings (SSSR count). The SMILES string of the molecule is O=C(OCc1cc(=O)oc2cc(O)ccc12)[C@@H]1CCCN1C(=O)c1cccs1. The third-order valence-electron chi connectivity index (χ3n) is 4.70. The molecule has 1 aromatic carbocycles. The minimum atomic E-state index is -0.634. The van der Waals surface area contributed by atoms with Crippen molar-refractivity contribution in [1.29, 1.82) is 0 Å². The van der Waals surface area contributed by atoms with Crippen molar-refractivity contribution in [1.82, 2.24) is 4.90 Å². The number of rotatable bonds is 4. The van der Waals surface area contributed by atoms with Gasteiger partial charge in [0.15, 0.2) is 0 Å². The van der Waals surface area contributed by atoms with E-state index in [-0.39, 0.29) is 23.8 Å². The highest BCUT2D eigenvalue weighted by Gasteiger charge is 2.36. The van der Waals surface area contributed by atoms with E-state index in [9.17, 15) is 19.5 Å². The zero-order valence-electron chi connectivity index (χ0n) is 14.8. The third kappa shape index (κ3) is 3.50. The van der Waals surface area contributed by atoms with Gasteiger partial charge in [0.05, 0.1) is 4.88 Å². The van der Waals surface area contributed by atoms with Crippen LogP contribution in [0.15, 0.2) is 51.0 Å². The van der Waals surface area contributed by atoms with Crippen molar-refractivity contribution in [3.8, 4) is 5.75 Å². The van der Waals surface area contributed by atoms with E-state index in [1.165, 1.54) is 29.5 Å². The zero-order chi connectivity index (χ0) is 19.7. The average molecular weight is 399 g/mol. The maximum absolute atomic E-state index is 12.6. The number of carbonyl (C=O) groups is 2. The van der Waals surface area contributed by atoms with Gasteiger partial charge in [0, 0.05) is 29.6 Å². The lowest BCUT2D eigenvalue weighted by molar-refractivity contribution is -0.149. The van der Waals surface area contributed by atoms with Gasteiger partial charge in [0.1, 0.15) is 24.0 Å². The first-order valence-corrected chi connectivity index (χ1v) is 9.68. The molecular weight excluding hydrogens is 382 g/mol. The Bertz CT molecular complexity index is 1090. The number of phenols is 1. The number of ether oxygens (including phenoxy) is 1. The zero-order valence-corrected chi connectivity index (χ0v) is 15.6. The van der Waals surface area contributed by atoms with E-state index in [1.807, 2.05) is 5.38 Å². The Labute approximate surface area is 163 Å². The number of likely N-dealkylation sites (tertiary alicyclic amines) is 1. The van der Waals surface area contributed by atoms with Gasteiger partial charge in [0.25, 0.3) is 5.91 Å². The summed E-state index contributed by atoms with van der Waals surface area (Å²) in [5.74, 6) is -0.697. The smallest absolute Gasteiger partial charge is 0.336 e. The van der Waals surface area contributed by atoms with Crippen molar-refractivity contribution < 1.29 is 23.8 Å². The van der Waals surface area contributed by atoms with Crippen LogP contribution in [0.5, 0.6) is 5.75 Å². The minimum Gasteiger partial charge on any atom is -0.508 e. The molecule has 7 nitrogen and oxygen atoms in total. The highest BCUT2D eigenvalue weighted by atomic mass is 32.1. The van der Waals surface area contributed by atoms with E-state index in [4.69, 9.17) is 9.15 Å². The van der Waals surface area contributed by atoms with Crippen LogP contribution in [-0.4, -0.2) is 34.5 Å². The van der Waals surface area contributed by atoms with Crippen LogP contribution in [0.3, 0.4) is 0 Å². The van der Waals surface area contributed by atoms with Gasteiger partial charge in [-0.3, -0.25) is 4.79 Å². The maximum Gasteiger partial charge on any atom is 0.336 e. The number of hydrogen-bond acceptors (Lipinski definition) is 7. The highest BCUT2D eigenvalue weighted by molar-refractivity contribution is 7.12. The lowest BCUT2D eigenvalue weighted by Crippen LogP contribution is -2.41. The molecule has 144 valence electrons. The Morgan fingerprint density at radius 1 is 1.29 bits per heavy atom. The second kappa shape index (κ2) is 7.47. The largest absolute Gasteiger partial charge is 0.508 e. The summed E-state index contributed by atoms with van der Waals surface area (Å²) in [4.78, 5) is 39.1. The number of fused-ring (bicyclic) bond motifs is 1. The summed E-state index contributed by atoms with van der Waals surface area (Å²) in [5.41, 5.74) is 0.0992. The lowest BCUT2D eigenvalue weighted by Gasteiger charge is -2.22. The van der Waals surface area contributed by atoms with E-state index >= 15 is 0 Å². The number of benzene rings is 1. The average Bonchev–Trinajstić information content (AvgIpc) is 3.36. The molecule has 1 aliphatic heterocycles. The summed E-state index contributed by atoms with van der Waals surface area (Å²) in [7, 11) is 0. The Balaban J connectivity index is 1.51. The second-order valence-electron chi connectivity index (χ2n) is 6.51. The monoisotopic (exact) mass is 399 g/mol. The van der Waals surface area contributed by atoms with Crippen LogP contribution in [-0.2, 0) is 16.1 Å². The molecule has 1 amide bonds. The van der Waals surface area contributed by atoms with Gasteiger partial charge >= 0.3 is 11.6 Å². The number of esters is 1. The fourth-order valence-corrected chi connectivity index (χ4v) is 4.06. The fourth-order valence-electron chi connectivity index (χ4n) is 3.38. The predicted molar refractivity (Wildman–Crippen MR) is 102 cm³/mol. The van der Waals surface area contributed by atoms with Crippen molar-refractivity contribution in [3.05, 3.63) is 62.6 Å². The van der Waals surface area contributed by atoms with E-state index < -0.39 is 17.6 Å². The topological polar surface area (TPSA) is 97.1 Å². The Kier molecular flexibility index (Phi) is 4.87. The van der Waals surface area contributed by atoms with Crippen LogP contribution in [0.25, 0.3) is 11.0 Å². The number of amides is 1. The van der Waals surface area contributed by atoms with Crippen LogP contribution >= 0.6 is 11.3 Å². The van der Waals surface area contributed by atoms with E-state index in [2.05, 4.69) is 0 Å². The molecule has 0 spiro atoms. The molecule has 28 heavy (non-hydrogen) atoms. The predicted octanol–water partition coefficient (Wildman–Crippen LogP) is 2.91. The van der Waals surface area contributed by atoms with Gasteiger partial charge in [-0.1, -0.05) is 6.07 Å². The molecule has 1 aliphatic rings. The van der Waals surface area contributed by atoms with Crippen LogP contribution < -0.4 is 5.63 Å². The number of aromatic hydroxyl groups is 1. The molecule has 0 saturated carbocycles. The van der Waals surface area contributed by atoms with E-state index in [1.54, 1.807) is 23.1 Å². The summed E-state index contributed by atoms with van der Waals surface area (Å²) in [6.07, 6.45) is 1.27. The van der Waals surface area contributed by atoms with Gasteiger partial charge < -0.3 is 19.2 Å². The third-order valence-corrected chi connectivity index (χ3v) is 5.56. The summed E-state index contributed by atoms with van der Waals surface area (Å²) >= 11 is 1.34. The molecule has 0 bridgehead atoms. The van der Waals surface area contributed by atoms with Gasteiger partial charge in [-0.2, -0.15) is 0 Å². The molecule has 3 heterocycles. The molecular formula is C20H17NO6S. The standard InChI is InChI=1S/C20H17NO6S/c22-13-5-6-14-12(9-18(23)27-16(14)10-13)11-26-20(25)15-3-1-7-21(15)19(24)17-4-2-8-28-17/h2,4-6,8-10,15,22H,1,3,7,11H2/t15-/m0/s1. The van der Waals surface area contributed by atoms with Gasteiger partial charge in [0.2, 0.25) is 0 Å². The molecule has 3 aromatic rings. The van der Waals surface area contributed by atoms with Crippen LogP contribution in [0.2, 0.25) is 0 Å². The quantitative estimate of drug-likeness (QED) is 0.535. The minimum absolute atomic E-state index is 0.0292. The molecule has 1 fully saturated rings. The van der Waals surface area contributed by atoms with Crippen molar-refractivity contribution in [2.75, 3.05) is 6.54 Å². The van der Waals surface area contributed by atoms with Crippen molar-refractivity contribution in [2.45, 2.75) is 25.5 Å².